The highest BCUT2D eigenvalue weighted by atomic mass is 35.5. The van der Waals surface area contributed by atoms with Gasteiger partial charge in [0.2, 0.25) is 0 Å². The maximum atomic E-state index is 6.17. The molecule has 0 aromatic heterocycles. The van der Waals surface area contributed by atoms with Crippen LogP contribution in [0.15, 0.2) is 59.8 Å². The molecule has 2 aromatic rings. The lowest BCUT2D eigenvalue weighted by Gasteiger charge is -2.36. The van der Waals surface area contributed by atoms with Gasteiger partial charge < -0.3 is 9.74 Å². The average Bonchev–Trinajstić information content (AvgIpc) is 2.96. The molecule has 3 atom stereocenters. The second-order valence-electron chi connectivity index (χ2n) is 8.44. The molecule has 0 radical (unpaired) electrons. The summed E-state index contributed by atoms with van der Waals surface area (Å²) in [5, 5.41) is 5.41. The molecular weight excluding hydrogens is 382 g/mol. The van der Waals surface area contributed by atoms with E-state index in [2.05, 4.69) is 41.2 Å². The molecule has 0 N–H and O–H groups in total. The van der Waals surface area contributed by atoms with Gasteiger partial charge in [-0.15, -0.1) is 0 Å². The summed E-state index contributed by atoms with van der Waals surface area (Å²) in [6.45, 7) is 2.26. The Morgan fingerprint density at radius 3 is 2.24 bits per heavy atom. The van der Waals surface area contributed by atoms with Crippen LogP contribution < -0.4 is 0 Å². The third-order valence-corrected chi connectivity index (χ3v) is 6.33. The number of benzene rings is 2. The Labute approximate surface area is 179 Å². The zero-order chi connectivity index (χ0) is 20.2. The first-order valence-corrected chi connectivity index (χ1v) is 10.9. The third kappa shape index (κ3) is 5.00. The van der Waals surface area contributed by atoms with Crippen LogP contribution in [0.4, 0.5) is 0 Å². The predicted octanol–water partition coefficient (Wildman–Crippen LogP) is 4.99. The average molecular weight is 412 g/mol. The summed E-state index contributed by atoms with van der Waals surface area (Å²) in [6.07, 6.45) is 4.37. The first-order chi connectivity index (χ1) is 14.1. The minimum absolute atomic E-state index is 0.217. The summed E-state index contributed by atoms with van der Waals surface area (Å²) >= 11 is 6.08. The molecule has 0 spiro atoms. The molecule has 0 aliphatic carbocycles. The standard InChI is InChI=1S/C24H30ClN3O/c1-27(2)14-15-28-22-12-13-23(28)17-21(16-22)26-29-24(18-6-4-3-5-7-18)19-8-10-20(25)11-9-19/h3-11,22-24H,12-17H2,1-2H3. The first kappa shape index (κ1) is 20.4. The van der Waals surface area contributed by atoms with E-state index in [0.717, 1.165) is 42.1 Å². The minimum Gasteiger partial charge on any atom is -0.383 e. The molecule has 154 valence electrons. The molecular formula is C24H30ClN3O. The van der Waals surface area contributed by atoms with Crippen LogP contribution in [0.2, 0.25) is 5.02 Å². The quantitative estimate of drug-likeness (QED) is 0.601. The van der Waals surface area contributed by atoms with Crippen molar-refractivity contribution in [1.82, 2.24) is 9.80 Å². The maximum absolute atomic E-state index is 6.17. The highest BCUT2D eigenvalue weighted by Gasteiger charge is 2.39. The summed E-state index contributed by atoms with van der Waals surface area (Å²) in [7, 11) is 4.29. The van der Waals surface area contributed by atoms with Gasteiger partial charge in [-0.25, -0.2) is 0 Å². The van der Waals surface area contributed by atoms with Crippen LogP contribution in [-0.2, 0) is 4.84 Å². The van der Waals surface area contributed by atoms with Gasteiger partial charge in [0.25, 0.3) is 0 Å². The van der Waals surface area contributed by atoms with Crippen LogP contribution in [0.5, 0.6) is 0 Å². The van der Waals surface area contributed by atoms with Crippen molar-refractivity contribution in [3.05, 3.63) is 70.7 Å². The van der Waals surface area contributed by atoms with Crippen LogP contribution >= 0.6 is 11.6 Å². The molecule has 4 nitrogen and oxygen atoms in total. The molecule has 3 unspecified atom stereocenters. The summed E-state index contributed by atoms with van der Waals surface area (Å²) < 4.78 is 0. The fourth-order valence-electron chi connectivity index (χ4n) is 4.54. The van der Waals surface area contributed by atoms with E-state index < -0.39 is 0 Å². The van der Waals surface area contributed by atoms with Crippen LogP contribution in [0.1, 0.15) is 42.9 Å². The van der Waals surface area contributed by atoms with E-state index in [1.807, 2.05) is 42.5 Å². The number of piperidine rings is 1. The van der Waals surface area contributed by atoms with Crippen molar-refractivity contribution in [1.29, 1.82) is 0 Å². The van der Waals surface area contributed by atoms with Crippen molar-refractivity contribution in [3.63, 3.8) is 0 Å². The van der Waals surface area contributed by atoms with Crippen molar-refractivity contribution in [3.8, 4) is 0 Å². The highest BCUT2D eigenvalue weighted by Crippen LogP contribution is 2.35. The number of rotatable bonds is 7. The Balaban J connectivity index is 1.48. The Morgan fingerprint density at radius 1 is 1.00 bits per heavy atom. The van der Waals surface area contributed by atoms with E-state index in [-0.39, 0.29) is 6.10 Å². The third-order valence-electron chi connectivity index (χ3n) is 6.08. The van der Waals surface area contributed by atoms with Crippen LogP contribution in [0, 0.1) is 0 Å². The molecule has 2 aliphatic heterocycles. The number of likely N-dealkylation sites (N-methyl/N-ethyl adjacent to an activating group) is 1. The Bertz CT molecular complexity index is 806. The van der Waals surface area contributed by atoms with Gasteiger partial charge >= 0.3 is 0 Å². The molecule has 29 heavy (non-hydrogen) atoms. The number of hydrogen-bond donors (Lipinski definition) is 0. The molecule has 2 saturated heterocycles. The second kappa shape index (κ2) is 9.29. The maximum Gasteiger partial charge on any atom is 0.177 e. The fourth-order valence-corrected chi connectivity index (χ4v) is 4.67. The Hall–Kier alpha value is -1.88. The van der Waals surface area contributed by atoms with Gasteiger partial charge in [-0.05, 0) is 50.2 Å². The topological polar surface area (TPSA) is 28.1 Å². The van der Waals surface area contributed by atoms with Gasteiger partial charge in [0.15, 0.2) is 6.10 Å². The fraction of sp³-hybridized carbons (Fsp3) is 0.458. The summed E-state index contributed by atoms with van der Waals surface area (Å²) in [5.41, 5.74) is 3.37. The Morgan fingerprint density at radius 2 is 1.62 bits per heavy atom. The van der Waals surface area contributed by atoms with Gasteiger partial charge in [-0.1, -0.05) is 59.2 Å². The second-order valence-corrected chi connectivity index (χ2v) is 8.88. The zero-order valence-electron chi connectivity index (χ0n) is 17.3. The first-order valence-electron chi connectivity index (χ1n) is 10.5. The lowest BCUT2D eigenvalue weighted by Crippen LogP contribution is -2.45. The van der Waals surface area contributed by atoms with E-state index in [4.69, 9.17) is 16.4 Å². The lowest BCUT2D eigenvalue weighted by atomic mass is 10.0. The minimum atomic E-state index is -0.217. The Kier molecular flexibility index (Phi) is 6.53. The number of hydrogen-bond acceptors (Lipinski definition) is 4. The largest absolute Gasteiger partial charge is 0.383 e. The molecule has 4 rings (SSSR count). The molecule has 0 amide bonds. The van der Waals surface area contributed by atoms with Crippen molar-refractivity contribution in [2.24, 2.45) is 5.16 Å². The van der Waals surface area contributed by atoms with Crippen LogP contribution in [0.3, 0.4) is 0 Å². The van der Waals surface area contributed by atoms with Gasteiger partial charge in [0, 0.05) is 43.0 Å². The monoisotopic (exact) mass is 411 g/mol. The molecule has 0 saturated carbocycles. The summed E-state index contributed by atoms with van der Waals surface area (Å²) in [4.78, 5) is 11.1. The van der Waals surface area contributed by atoms with Crippen molar-refractivity contribution in [2.75, 3.05) is 27.2 Å². The molecule has 2 fully saturated rings. The lowest BCUT2D eigenvalue weighted by molar-refractivity contribution is 0.0826. The normalized spacial score (nSPS) is 22.7. The van der Waals surface area contributed by atoms with Crippen LogP contribution in [0.25, 0.3) is 0 Å². The SMILES string of the molecule is CN(C)CCN1C2CCC1CC(=NOC(c1ccccc1)c1ccc(Cl)cc1)C2. The number of nitrogens with zero attached hydrogens (tertiary/aromatic N) is 3. The van der Waals surface area contributed by atoms with E-state index in [0.29, 0.717) is 12.1 Å². The van der Waals surface area contributed by atoms with Gasteiger partial charge in [0.05, 0.1) is 5.71 Å². The van der Waals surface area contributed by atoms with Crippen LogP contribution in [-0.4, -0.2) is 54.8 Å². The molecule has 2 bridgehead atoms. The highest BCUT2D eigenvalue weighted by molar-refractivity contribution is 6.30. The van der Waals surface area contributed by atoms with Crippen molar-refractivity contribution in [2.45, 2.75) is 43.9 Å². The summed E-state index contributed by atoms with van der Waals surface area (Å²) in [6, 6.07) is 19.4. The predicted molar refractivity (Wildman–Crippen MR) is 120 cm³/mol. The summed E-state index contributed by atoms with van der Waals surface area (Å²) in [5.74, 6) is 0. The number of halogens is 1. The zero-order valence-corrected chi connectivity index (χ0v) is 18.1. The van der Waals surface area contributed by atoms with Gasteiger partial charge in [0.1, 0.15) is 0 Å². The van der Waals surface area contributed by atoms with E-state index in [9.17, 15) is 0 Å². The van der Waals surface area contributed by atoms with E-state index in [1.165, 1.54) is 18.6 Å². The molecule has 2 heterocycles. The molecule has 2 aromatic carbocycles. The smallest absolute Gasteiger partial charge is 0.177 e. The van der Waals surface area contributed by atoms with E-state index in [1.54, 1.807) is 0 Å². The molecule has 2 aliphatic rings. The number of fused-ring (bicyclic) bond motifs is 2. The van der Waals surface area contributed by atoms with Gasteiger partial charge in [-0.3, -0.25) is 4.90 Å². The van der Waals surface area contributed by atoms with Crippen molar-refractivity contribution < 1.29 is 4.84 Å². The van der Waals surface area contributed by atoms with Crippen molar-refractivity contribution >= 4 is 17.3 Å². The van der Waals surface area contributed by atoms with Gasteiger partial charge in [-0.2, -0.15) is 0 Å². The van der Waals surface area contributed by atoms with E-state index >= 15 is 0 Å². The molecule has 5 heteroatoms. The number of oxime groups is 1.